The van der Waals surface area contributed by atoms with Crippen LogP contribution in [0.1, 0.15) is 23.0 Å². The van der Waals surface area contributed by atoms with Gasteiger partial charge in [-0.05, 0) is 36.6 Å². The summed E-state index contributed by atoms with van der Waals surface area (Å²) in [5.74, 6) is -0.774. The maximum atomic E-state index is 12.4. The minimum atomic E-state index is -3.86. The molecular formula is C17H17N3O5S3. The van der Waals surface area contributed by atoms with Gasteiger partial charge in [-0.2, -0.15) is 4.99 Å². The van der Waals surface area contributed by atoms with Gasteiger partial charge < -0.3 is 9.30 Å². The fraction of sp³-hybridized carbons (Fsp3) is 0.235. The number of sulfonamides is 1. The highest BCUT2D eigenvalue weighted by Gasteiger charge is 2.15. The number of primary sulfonamides is 1. The number of benzene rings is 1. The van der Waals surface area contributed by atoms with E-state index < -0.39 is 15.9 Å². The summed E-state index contributed by atoms with van der Waals surface area (Å²) in [5.41, 5.74) is 0.652. The van der Waals surface area contributed by atoms with E-state index in [0.717, 1.165) is 11.3 Å². The molecule has 11 heteroatoms. The third-order valence-corrected chi connectivity index (χ3v) is 6.57. The zero-order valence-electron chi connectivity index (χ0n) is 14.8. The molecular weight excluding hydrogens is 422 g/mol. The maximum Gasteiger partial charge on any atom is 0.307 e. The van der Waals surface area contributed by atoms with Crippen LogP contribution in [0.4, 0.5) is 0 Å². The van der Waals surface area contributed by atoms with Crippen molar-refractivity contribution in [3.8, 4) is 0 Å². The predicted molar refractivity (Wildman–Crippen MR) is 107 cm³/mol. The number of thiazole rings is 1. The van der Waals surface area contributed by atoms with Gasteiger partial charge >= 0.3 is 5.97 Å². The van der Waals surface area contributed by atoms with Gasteiger partial charge in [-0.1, -0.05) is 17.4 Å². The molecule has 1 amide bonds. The normalized spacial score (nSPS) is 12.4. The molecule has 0 fully saturated rings. The summed E-state index contributed by atoms with van der Waals surface area (Å²) in [5, 5.41) is 6.98. The summed E-state index contributed by atoms with van der Waals surface area (Å²) in [6, 6.07) is 7.84. The lowest BCUT2D eigenvalue weighted by atomic mass is 10.3. The molecule has 0 radical (unpaired) electrons. The molecule has 2 N–H and O–H groups in total. The number of fused-ring (bicyclic) bond motifs is 1. The van der Waals surface area contributed by atoms with Crippen LogP contribution in [0.3, 0.4) is 0 Å². The largest absolute Gasteiger partial charge is 0.466 e. The van der Waals surface area contributed by atoms with Gasteiger partial charge in [0, 0.05) is 6.54 Å². The minimum absolute atomic E-state index is 0.0325. The van der Waals surface area contributed by atoms with Crippen molar-refractivity contribution in [3.63, 3.8) is 0 Å². The highest BCUT2D eigenvalue weighted by atomic mass is 32.2. The Morgan fingerprint density at radius 2 is 2.07 bits per heavy atom. The number of ether oxygens (including phenoxy) is 1. The van der Waals surface area contributed by atoms with Gasteiger partial charge in [0.1, 0.15) is 0 Å². The molecule has 3 aromatic rings. The second kappa shape index (κ2) is 8.35. The molecule has 0 saturated heterocycles. The summed E-state index contributed by atoms with van der Waals surface area (Å²) in [6.45, 7) is 2.24. The van der Waals surface area contributed by atoms with Crippen molar-refractivity contribution >= 4 is 54.8 Å². The third-order valence-electron chi connectivity index (χ3n) is 3.76. The molecule has 0 bridgehead atoms. The first-order valence-corrected chi connectivity index (χ1v) is 11.5. The molecule has 2 heterocycles. The van der Waals surface area contributed by atoms with E-state index in [1.165, 1.54) is 23.5 Å². The standard InChI is InChI=1S/C17H17N3O5S3/c1-2-25-15(21)7-8-20-12-6-5-11(28(18,23)24)10-14(12)27-17(20)19-16(22)13-4-3-9-26-13/h3-6,9-10H,2,7-8H2,1H3,(H2,18,23,24). The SMILES string of the molecule is CCOC(=O)CCn1c(=NC(=O)c2cccs2)sc2cc(S(N)(=O)=O)ccc21. The summed E-state index contributed by atoms with van der Waals surface area (Å²) in [6.07, 6.45) is 0.0942. The zero-order chi connectivity index (χ0) is 20.3. The maximum absolute atomic E-state index is 12.4. The van der Waals surface area contributed by atoms with Crippen molar-refractivity contribution in [1.29, 1.82) is 0 Å². The quantitative estimate of drug-likeness (QED) is 0.590. The number of amides is 1. The Morgan fingerprint density at radius 3 is 2.71 bits per heavy atom. The molecule has 0 spiro atoms. The molecule has 28 heavy (non-hydrogen) atoms. The summed E-state index contributed by atoms with van der Waals surface area (Å²) < 4.78 is 30.5. The average Bonchev–Trinajstić information content (AvgIpc) is 3.27. The predicted octanol–water partition coefficient (Wildman–Crippen LogP) is 2.11. The van der Waals surface area contributed by atoms with E-state index >= 15 is 0 Å². The lowest BCUT2D eigenvalue weighted by Gasteiger charge is -2.06. The van der Waals surface area contributed by atoms with Gasteiger partial charge in [0.05, 0.1) is 33.0 Å². The molecule has 8 nitrogen and oxygen atoms in total. The first-order chi connectivity index (χ1) is 13.3. The monoisotopic (exact) mass is 439 g/mol. The number of carbonyl (C=O) groups excluding carboxylic acids is 2. The van der Waals surface area contributed by atoms with Gasteiger partial charge in [-0.3, -0.25) is 9.59 Å². The molecule has 0 aliphatic carbocycles. The molecule has 0 saturated carbocycles. The van der Waals surface area contributed by atoms with Crippen LogP contribution in [0.5, 0.6) is 0 Å². The molecule has 2 aromatic heterocycles. The Balaban J connectivity index is 2.10. The fourth-order valence-corrected chi connectivity index (χ4v) is 4.83. The van der Waals surface area contributed by atoms with Gasteiger partial charge in [-0.25, -0.2) is 13.6 Å². The van der Waals surface area contributed by atoms with Crippen LogP contribution < -0.4 is 9.94 Å². The number of rotatable bonds is 6. The smallest absolute Gasteiger partial charge is 0.307 e. The number of hydrogen-bond donors (Lipinski definition) is 1. The van der Waals surface area contributed by atoms with E-state index in [0.29, 0.717) is 19.9 Å². The second-order valence-corrected chi connectivity index (χ2v) is 9.18. The Kier molecular flexibility index (Phi) is 6.08. The van der Waals surface area contributed by atoms with Crippen LogP contribution in [-0.2, 0) is 26.1 Å². The first-order valence-electron chi connectivity index (χ1n) is 8.24. The Hall–Kier alpha value is -2.34. The van der Waals surface area contributed by atoms with Gasteiger partial charge in [-0.15, -0.1) is 11.3 Å². The molecule has 0 aliphatic rings. The lowest BCUT2D eigenvalue weighted by molar-refractivity contribution is -0.143. The van der Waals surface area contributed by atoms with Crippen molar-refractivity contribution in [2.24, 2.45) is 10.1 Å². The second-order valence-electron chi connectivity index (χ2n) is 5.66. The van der Waals surface area contributed by atoms with Crippen LogP contribution in [0, 0.1) is 0 Å². The molecule has 148 valence electrons. The van der Waals surface area contributed by atoms with E-state index in [2.05, 4.69) is 4.99 Å². The topological polar surface area (TPSA) is 121 Å². The number of esters is 1. The lowest BCUT2D eigenvalue weighted by Crippen LogP contribution is -2.19. The van der Waals surface area contributed by atoms with Crippen LogP contribution in [-0.4, -0.2) is 31.5 Å². The molecule has 0 atom stereocenters. The number of nitrogens with two attached hydrogens (primary N) is 1. The number of nitrogens with zero attached hydrogens (tertiary/aromatic N) is 2. The molecule has 0 aliphatic heterocycles. The van der Waals surface area contributed by atoms with Gasteiger partial charge in [0.2, 0.25) is 10.0 Å². The fourth-order valence-electron chi connectivity index (χ4n) is 2.51. The third kappa shape index (κ3) is 4.55. The van der Waals surface area contributed by atoms with E-state index in [4.69, 9.17) is 9.88 Å². The Morgan fingerprint density at radius 1 is 1.29 bits per heavy atom. The van der Waals surface area contributed by atoms with Crippen LogP contribution in [0.15, 0.2) is 45.6 Å². The Labute approximate surface area is 169 Å². The van der Waals surface area contributed by atoms with Crippen molar-refractivity contribution in [2.45, 2.75) is 24.8 Å². The zero-order valence-corrected chi connectivity index (χ0v) is 17.3. The van der Waals surface area contributed by atoms with E-state index in [1.54, 1.807) is 35.1 Å². The number of thiophene rings is 1. The number of hydrogen-bond acceptors (Lipinski definition) is 7. The van der Waals surface area contributed by atoms with Crippen molar-refractivity contribution in [3.05, 3.63) is 45.4 Å². The van der Waals surface area contributed by atoms with Crippen molar-refractivity contribution < 1.29 is 22.7 Å². The highest BCUT2D eigenvalue weighted by molar-refractivity contribution is 7.89. The Bertz CT molecular complexity index is 1190. The number of carbonyl (C=O) groups is 2. The van der Waals surface area contributed by atoms with E-state index in [9.17, 15) is 18.0 Å². The van der Waals surface area contributed by atoms with Crippen LogP contribution in [0.25, 0.3) is 10.2 Å². The first kappa shape index (κ1) is 20.4. The highest BCUT2D eigenvalue weighted by Crippen LogP contribution is 2.22. The van der Waals surface area contributed by atoms with Crippen molar-refractivity contribution in [2.75, 3.05) is 6.61 Å². The van der Waals surface area contributed by atoms with E-state index in [-0.39, 0.29) is 30.4 Å². The minimum Gasteiger partial charge on any atom is -0.466 e. The van der Waals surface area contributed by atoms with E-state index in [1.807, 2.05) is 0 Å². The number of aromatic nitrogens is 1. The summed E-state index contributed by atoms with van der Waals surface area (Å²) in [7, 11) is -3.86. The number of aryl methyl sites for hydroxylation is 1. The summed E-state index contributed by atoms with van der Waals surface area (Å²) in [4.78, 5) is 29.1. The molecule has 1 aromatic carbocycles. The summed E-state index contributed by atoms with van der Waals surface area (Å²) >= 11 is 2.43. The van der Waals surface area contributed by atoms with Crippen LogP contribution in [0.2, 0.25) is 0 Å². The average molecular weight is 440 g/mol. The molecule has 3 rings (SSSR count). The molecule has 0 unspecified atom stereocenters. The van der Waals surface area contributed by atoms with Crippen molar-refractivity contribution in [1.82, 2.24) is 4.57 Å². The van der Waals surface area contributed by atoms with Gasteiger partial charge in [0.15, 0.2) is 4.80 Å². The van der Waals surface area contributed by atoms with Gasteiger partial charge in [0.25, 0.3) is 5.91 Å². The van der Waals surface area contributed by atoms with Crippen LogP contribution >= 0.6 is 22.7 Å².